The number of sulfonamides is 1. The number of rotatable bonds is 4. The van der Waals surface area contributed by atoms with Crippen LogP contribution in [0.1, 0.15) is 30.7 Å². The lowest BCUT2D eigenvalue weighted by atomic mass is 9.95. The number of nitrogens with zero attached hydrogens (tertiary/aromatic N) is 1. The number of aromatic nitrogens is 2. The van der Waals surface area contributed by atoms with Crippen molar-refractivity contribution < 1.29 is 8.42 Å². The van der Waals surface area contributed by atoms with Crippen molar-refractivity contribution in [3.05, 3.63) is 70.3 Å². The van der Waals surface area contributed by atoms with Crippen LogP contribution in [0.15, 0.2) is 58.2 Å². The number of para-hydroxylation sites is 1. The van der Waals surface area contributed by atoms with Gasteiger partial charge in [0.15, 0.2) is 0 Å². The number of benzene rings is 2. The molecule has 0 aliphatic carbocycles. The minimum atomic E-state index is -3.78. The van der Waals surface area contributed by atoms with Crippen LogP contribution in [0.3, 0.4) is 0 Å². The molecular formula is C17H17N3O3S. The number of fused-ring (bicyclic) bond motifs is 1. The van der Waals surface area contributed by atoms with Crippen molar-refractivity contribution in [3.63, 3.8) is 0 Å². The van der Waals surface area contributed by atoms with Crippen LogP contribution in [0.25, 0.3) is 10.9 Å². The largest absolute Gasteiger partial charge is 0.309 e. The van der Waals surface area contributed by atoms with Gasteiger partial charge in [0.05, 0.1) is 15.8 Å². The molecule has 0 aliphatic rings. The molecule has 2 aromatic carbocycles. The topological polar surface area (TPSA) is 106 Å². The van der Waals surface area contributed by atoms with E-state index in [9.17, 15) is 13.2 Å². The maximum absolute atomic E-state index is 12.3. The maximum Gasteiger partial charge on any atom is 0.258 e. The van der Waals surface area contributed by atoms with Crippen LogP contribution < -0.4 is 10.7 Å². The number of primary sulfonamides is 1. The van der Waals surface area contributed by atoms with Crippen molar-refractivity contribution in [3.8, 4) is 0 Å². The second-order valence-corrected chi connectivity index (χ2v) is 7.11. The smallest absolute Gasteiger partial charge is 0.258 e. The van der Waals surface area contributed by atoms with Crippen LogP contribution in [0, 0.1) is 0 Å². The molecule has 1 aromatic heterocycles. The molecule has 1 unspecified atom stereocenters. The third-order valence-corrected chi connectivity index (χ3v) is 4.87. The Balaban J connectivity index is 2.15. The van der Waals surface area contributed by atoms with Crippen LogP contribution in [0.4, 0.5) is 0 Å². The Kier molecular flexibility index (Phi) is 4.21. The summed E-state index contributed by atoms with van der Waals surface area (Å²) in [7, 11) is -3.78. The number of hydrogen-bond acceptors (Lipinski definition) is 4. The Morgan fingerprint density at radius 2 is 1.92 bits per heavy atom. The lowest BCUT2D eigenvalue weighted by molar-refractivity contribution is 0.597. The van der Waals surface area contributed by atoms with E-state index in [1.807, 2.05) is 13.0 Å². The van der Waals surface area contributed by atoms with Crippen molar-refractivity contribution in [2.45, 2.75) is 24.2 Å². The van der Waals surface area contributed by atoms with Crippen molar-refractivity contribution in [2.75, 3.05) is 0 Å². The third-order valence-electron chi connectivity index (χ3n) is 3.96. The van der Waals surface area contributed by atoms with Gasteiger partial charge in [0.2, 0.25) is 10.0 Å². The van der Waals surface area contributed by atoms with Crippen LogP contribution >= 0.6 is 0 Å². The minimum Gasteiger partial charge on any atom is -0.309 e. The second kappa shape index (κ2) is 6.18. The molecule has 3 rings (SSSR count). The predicted octanol–water partition coefficient (Wildman–Crippen LogP) is 2.11. The van der Waals surface area contributed by atoms with E-state index >= 15 is 0 Å². The summed E-state index contributed by atoms with van der Waals surface area (Å²) in [5.74, 6) is 0.275. The fraction of sp³-hybridized carbons (Fsp3) is 0.176. The number of aromatic amines is 1. The van der Waals surface area contributed by atoms with Crippen LogP contribution in [-0.2, 0) is 10.0 Å². The van der Waals surface area contributed by atoms with Crippen molar-refractivity contribution in [2.24, 2.45) is 5.14 Å². The Bertz CT molecular complexity index is 1060. The first-order valence-electron chi connectivity index (χ1n) is 7.52. The molecule has 0 saturated carbocycles. The maximum atomic E-state index is 12.3. The Labute approximate surface area is 139 Å². The zero-order valence-corrected chi connectivity index (χ0v) is 13.9. The van der Waals surface area contributed by atoms with Gasteiger partial charge in [-0.15, -0.1) is 0 Å². The number of H-pyrrole nitrogens is 1. The SMILES string of the molecule is CCC(c1cccc(S(N)(=O)=O)c1)c1nc2ccccc2c(=O)[nH]1. The summed E-state index contributed by atoms with van der Waals surface area (Å²) in [5.41, 5.74) is 1.14. The van der Waals surface area contributed by atoms with Crippen molar-refractivity contribution >= 4 is 20.9 Å². The first kappa shape index (κ1) is 16.4. The monoisotopic (exact) mass is 343 g/mol. The molecule has 1 atom stereocenters. The molecular weight excluding hydrogens is 326 g/mol. The summed E-state index contributed by atoms with van der Waals surface area (Å²) in [6.07, 6.45) is 0.648. The Hall–Kier alpha value is -2.51. The third kappa shape index (κ3) is 3.08. The second-order valence-electron chi connectivity index (χ2n) is 5.55. The van der Waals surface area contributed by atoms with Crippen LogP contribution in [0.5, 0.6) is 0 Å². The van der Waals surface area contributed by atoms with Gasteiger partial charge < -0.3 is 4.98 Å². The van der Waals surface area contributed by atoms with E-state index in [1.165, 1.54) is 12.1 Å². The van der Waals surface area contributed by atoms with Gasteiger partial charge in [-0.1, -0.05) is 31.2 Å². The van der Waals surface area contributed by atoms with Crippen molar-refractivity contribution in [1.29, 1.82) is 0 Å². The number of nitrogens with one attached hydrogen (secondary N) is 1. The van der Waals surface area contributed by atoms with E-state index in [-0.39, 0.29) is 16.4 Å². The molecule has 1 heterocycles. The number of hydrogen-bond donors (Lipinski definition) is 2. The molecule has 3 N–H and O–H groups in total. The van der Waals surface area contributed by atoms with Crippen molar-refractivity contribution in [1.82, 2.24) is 9.97 Å². The van der Waals surface area contributed by atoms with Crippen LogP contribution in [-0.4, -0.2) is 18.4 Å². The van der Waals surface area contributed by atoms with Gasteiger partial charge in [-0.2, -0.15) is 0 Å². The van der Waals surface area contributed by atoms with Gasteiger partial charge >= 0.3 is 0 Å². The summed E-state index contributed by atoms with van der Waals surface area (Å²) >= 11 is 0. The lowest BCUT2D eigenvalue weighted by Crippen LogP contribution is -2.16. The number of nitrogens with two attached hydrogens (primary N) is 1. The quantitative estimate of drug-likeness (QED) is 0.756. The Morgan fingerprint density at radius 3 is 2.62 bits per heavy atom. The highest BCUT2D eigenvalue weighted by atomic mass is 32.2. The summed E-state index contributed by atoms with van der Waals surface area (Å²) in [6, 6.07) is 13.5. The molecule has 3 aromatic rings. The fourth-order valence-electron chi connectivity index (χ4n) is 2.76. The summed E-state index contributed by atoms with van der Waals surface area (Å²) < 4.78 is 23.1. The highest BCUT2D eigenvalue weighted by molar-refractivity contribution is 7.89. The Morgan fingerprint density at radius 1 is 1.17 bits per heavy atom. The van der Waals surface area contributed by atoms with E-state index in [4.69, 9.17) is 5.14 Å². The van der Waals surface area contributed by atoms with Gasteiger partial charge in [0.1, 0.15) is 5.82 Å². The standard InChI is InChI=1S/C17H17N3O3S/c1-2-13(11-6-5-7-12(10-11)24(18,22)23)16-19-15-9-4-3-8-14(15)17(21)20-16/h3-10,13H,2H2,1H3,(H2,18,22,23)(H,19,20,21). The molecule has 0 saturated heterocycles. The minimum absolute atomic E-state index is 0.0431. The first-order valence-corrected chi connectivity index (χ1v) is 9.06. The average molecular weight is 343 g/mol. The van der Waals surface area contributed by atoms with Gasteiger partial charge in [0.25, 0.3) is 5.56 Å². The van der Waals surface area contributed by atoms with Gasteiger partial charge in [-0.05, 0) is 36.2 Å². The fourth-order valence-corrected chi connectivity index (χ4v) is 3.33. The van der Waals surface area contributed by atoms with E-state index in [2.05, 4.69) is 9.97 Å². The van der Waals surface area contributed by atoms with Gasteiger partial charge in [-0.25, -0.2) is 18.5 Å². The molecule has 24 heavy (non-hydrogen) atoms. The molecule has 0 aliphatic heterocycles. The van der Waals surface area contributed by atoms with E-state index in [0.29, 0.717) is 23.1 Å². The zero-order chi connectivity index (χ0) is 17.3. The molecule has 0 bridgehead atoms. The van der Waals surface area contributed by atoms with E-state index < -0.39 is 10.0 Å². The average Bonchev–Trinajstić information content (AvgIpc) is 2.55. The normalized spacial score (nSPS) is 13.1. The van der Waals surface area contributed by atoms with E-state index in [1.54, 1.807) is 30.3 Å². The molecule has 7 heteroatoms. The molecule has 0 radical (unpaired) electrons. The van der Waals surface area contributed by atoms with Crippen LogP contribution in [0.2, 0.25) is 0 Å². The zero-order valence-electron chi connectivity index (χ0n) is 13.1. The molecule has 0 spiro atoms. The molecule has 124 valence electrons. The van der Waals surface area contributed by atoms with E-state index in [0.717, 1.165) is 5.56 Å². The summed E-state index contributed by atoms with van der Waals surface area (Å²) in [5, 5.41) is 5.73. The molecule has 6 nitrogen and oxygen atoms in total. The highest BCUT2D eigenvalue weighted by Gasteiger charge is 2.18. The first-order chi connectivity index (χ1) is 11.4. The predicted molar refractivity (Wildman–Crippen MR) is 92.3 cm³/mol. The summed E-state index contributed by atoms with van der Waals surface area (Å²) in [6.45, 7) is 1.95. The lowest BCUT2D eigenvalue weighted by Gasteiger charge is -2.16. The highest BCUT2D eigenvalue weighted by Crippen LogP contribution is 2.27. The molecule has 0 amide bonds. The molecule has 0 fully saturated rings. The van der Waals surface area contributed by atoms with Gasteiger partial charge in [-0.3, -0.25) is 4.79 Å². The van der Waals surface area contributed by atoms with Gasteiger partial charge in [0, 0.05) is 5.92 Å². The summed E-state index contributed by atoms with van der Waals surface area (Å²) in [4.78, 5) is 19.7.